The molecule has 0 heterocycles. The summed E-state index contributed by atoms with van der Waals surface area (Å²) in [7, 11) is 0. The molecule has 0 unspecified atom stereocenters. The molecule has 3 nitrogen and oxygen atoms in total. The van der Waals surface area contributed by atoms with Gasteiger partial charge in [0.1, 0.15) is 0 Å². The van der Waals surface area contributed by atoms with E-state index in [-0.39, 0.29) is 5.91 Å². The van der Waals surface area contributed by atoms with E-state index in [0.29, 0.717) is 18.5 Å². The summed E-state index contributed by atoms with van der Waals surface area (Å²) >= 11 is 0. The van der Waals surface area contributed by atoms with Crippen molar-refractivity contribution in [2.45, 2.75) is 58.0 Å². The summed E-state index contributed by atoms with van der Waals surface area (Å²) in [5.74, 6) is 0.285. The molecule has 3 heteroatoms. The van der Waals surface area contributed by atoms with Crippen molar-refractivity contribution in [3.8, 4) is 0 Å². The summed E-state index contributed by atoms with van der Waals surface area (Å²) in [6.45, 7) is 4.83. The van der Waals surface area contributed by atoms with Gasteiger partial charge in [0.15, 0.2) is 0 Å². The fraction of sp³-hybridized carbons (Fsp3) is 0.909. The SMILES string of the molecule is CCC(=O)N(CC)C1CCC(N)CC1. The first-order valence-electron chi connectivity index (χ1n) is 5.74. The summed E-state index contributed by atoms with van der Waals surface area (Å²) in [5, 5.41) is 0. The number of nitrogens with zero attached hydrogens (tertiary/aromatic N) is 1. The third kappa shape index (κ3) is 2.71. The summed E-state index contributed by atoms with van der Waals surface area (Å²) in [5.41, 5.74) is 5.84. The maximum Gasteiger partial charge on any atom is 0.222 e. The molecule has 0 saturated heterocycles. The van der Waals surface area contributed by atoms with E-state index in [9.17, 15) is 4.79 Å². The number of carbonyl (C=O) groups is 1. The molecule has 82 valence electrons. The van der Waals surface area contributed by atoms with Gasteiger partial charge in [-0.3, -0.25) is 4.79 Å². The highest BCUT2D eigenvalue weighted by atomic mass is 16.2. The summed E-state index contributed by atoms with van der Waals surface area (Å²) in [6.07, 6.45) is 4.92. The molecule has 0 aromatic heterocycles. The van der Waals surface area contributed by atoms with Gasteiger partial charge in [-0.25, -0.2) is 0 Å². The van der Waals surface area contributed by atoms with Crippen LogP contribution in [0.1, 0.15) is 46.0 Å². The zero-order valence-corrected chi connectivity index (χ0v) is 9.33. The zero-order chi connectivity index (χ0) is 10.6. The van der Waals surface area contributed by atoms with Crippen molar-refractivity contribution in [3.05, 3.63) is 0 Å². The standard InChI is InChI=1S/C11H22N2O/c1-3-11(14)13(4-2)10-7-5-9(12)6-8-10/h9-10H,3-8,12H2,1-2H3. The zero-order valence-electron chi connectivity index (χ0n) is 9.33. The molecule has 0 aromatic carbocycles. The van der Waals surface area contributed by atoms with Gasteiger partial charge in [-0.2, -0.15) is 0 Å². The Morgan fingerprint density at radius 2 is 1.86 bits per heavy atom. The predicted molar refractivity (Wildman–Crippen MR) is 57.9 cm³/mol. The van der Waals surface area contributed by atoms with Gasteiger partial charge in [-0.1, -0.05) is 6.92 Å². The molecule has 0 atom stereocenters. The van der Waals surface area contributed by atoms with Crippen LogP contribution < -0.4 is 5.73 Å². The molecule has 14 heavy (non-hydrogen) atoms. The molecule has 0 spiro atoms. The van der Waals surface area contributed by atoms with E-state index in [0.717, 1.165) is 32.2 Å². The first-order valence-corrected chi connectivity index (χ1v) is 5.74. The van der Waals surface area contributed by atoms with E-state index in [1.54, 1.807) is 0 Å². The largest absolute Gasteiger partial charge is 0.340 e. The Hall–Kier alpha value is -0.570. The van der Waals surface area contributed by atoms with Gasteiger partial charge in [-0.15, -0.1) is 0 Å². The Bertz CT molecular complexity index is 186. The first kappa shape index (κ1) is 11.5. The highest BCUT2D eigenvalue weighted by Crippen LogP contribution is 2.22. The van der Waals surface area contributed by atoms with Crippen molar-refractivity contribution < 1.29 is 4.79 Å². The van der Waals surface area contributed by atoms with Gasteiger partial charge >= 0.3 is 0 Å². The van der Waals surface area contributed by atoms with Crippen LogP contribution in [0.3, 0.4) is 0 Å². The summed E-state index contributed by atoms with van der Waals surface area (Å²) in [6, 6.07) is 0.814. The Labute approximate surface area is 86.6 Å². The third-order valence-electron chi connectivity index (χ3n) is 3.15. The topological polar surface area (TPSA) is 46.3 Å². The molecular weight excluding hydrogens is 176 g/mol. The van der Waals surface area contributed by atoms with Crippen LogP contribution >= 0.6 is 0 Å². The summed E-state index contributed by atoms with van der Waals surface area (Å²) in [4.78, 5) is 13.6. The maximum absolute atomic E-state index is 11.6. The second-order valence-corrected chi connectivity index (χ2v) is 4.10. The van der Waals surface area contributed by atoms with Gasteiger partial charge in [0.25, 0.3) is 0 Å². The highest BCUT2D eigenvalue weighted by molar-refractivity contribution is 5.76. The quantitative estimate of drug-likeness (QED) is 0.747. The lowest BCUT2D eigenvalue weighted by atomic mass is 9.90. The van der Waals surface area contributed by atoms with E-state index in [1.165, 1.54) is 0 Å². The van der Waals surface area contributed by atoms with Crippen LogP contribution in [0.25, 0.3) is 0 Å². The smallest absolute Gasteiger partial charge is 0.222 e. The Kier molecular flexibility index (Phi) is 4.39. The molecule has 1 aliphatic rings. The molecule has 0 radical (unpaired) electrons. The van der Waals surface area contributed by atoms with E-state index in [2.05, 4.69) is 6.92 Å². The Morgan fingerprint density at radius 3 is 2.29 bits per heavy atom. The van der Waals surface area contributed by atoms with Crippen molar-refractivity contribution in [3.63, 3.8) is 0 Å². The first-order chi connectivity index (χ1) is 6.69. The number of hydrogen-bond donors (Lipinski definition) is 1. The van der Waals surface area contributed by atoms with Gasteiger partial charge in [0, 0.05) is 25.0 Å². The highest BCUT2D eigenvalue weighted by Gasteiger charge is 2.25. The van der Waals surface area contributed by atoms with Crippen molar-refractivity contribution >= 4 is 5.91 Å². The fourth-order valence-corrected chi connectivity index (χ4v) is 2.25. The van der Waals surface area contributed by atoms with E-state index >= 15 is 0 Å². The molecule has 1 fully saturated rings. The molecule has 2 N–H and O–H groups in total. The van der Waals surface area contributed by atoms with Crippen LogP contribution in [0.5, 0.6) is 0 Å². The molecular formula is C11H22N2O. The van der Waals surface area contributed by atoms with E-state index < -0.39 is 0 Å². The maximum atomic E-state index is 11.6. The van der Waals surface area contributed by atoms with Gasteiger partial charge in [0.2, 0.25) is 5.91 Å². The van der Waals surface area contributed by atoms with Crippen LogP contribution in [-0.4, -0.2) is 29.4 Å². The predicted octanol–water partition coefficient (Wildman–Crippen LogP) is 1.51. The number of hydrogen-bond acceptors (Lipinski definition) is 2. The van der Waals surface area contributed by atoms with Crippen LogP contribution in [0.15, 0.2) is 0 Å². The monoisotopic (exact) mass is 198 g/mol. The average Bonchev–Trinajstić information content (AvgIpc) is 2.21. The van der Waals surface area contributed by atoms with Crippen LogP contribution in [0.2, 0.25) is 0 Å². The molecule has 0 aliphatic heterocycles. The molecule has 1 aliphatic carbocycles. The molecule has 0 bridgehead atoms. The van der Waals surface area contributed by atoms with Crippen LogP contribution in [0.4, 0.5) is 0 Å². The normalized spacial score (nSPS) is 27.4. The minimum absolute atomic E-state index is 0.285. The van der Waals surface area contributed by atoms with Gasteiger partial charge in [0.05, 0.1) is 0 Å². The van der Waals surface area contributed by atoms with Crippen molar-refractivity contribution in [1.29, 1.82) is 0 Å². The molecule has 1 rings (SSSR count). The number of carbonyl (C=O) groups excluding carboxylic acids is 1. The van der Waals surface area contributed by atoms with Crippen molar-refractivity contribution in [2.75, 3.05) is 6.54 Å². The minimum atomic E-state index is 0.285. The Morgan fingerprint density at radius 1 is 1.29 bits per heavy atom. The second kappa shape index (κ2) is 5.35. The van der Waals surface area contributed by atoms with E-state index in [4.69, 9.17) is 5.73 Å². The molecule has 0 aromatic rings. The number of nitrogens with two attached hydrogens (primary N) is 1. The number of rotatable bonds is 3. The van der Waals surface area contributed by atoms with E-state index in [1.807, 2.05) is 11.8 Å². The summed E-state index contributed by atoms with van der Waals surface area (Å²) < 4.78 is 0. The minimum Gasteiger partial charge on any atom is -0.340 e. The average molecular weight is 198 g/mol. The van der Waals surface area contributed by atoms with Crippen molar-refractivity contribution in [1.82, 2.24) is 4.90 Å². The fourth-order valence-electron chi connectivity index (χ4n) is 2.25. The van der Waals surface area contributed by atoms with Crippen LogP contribution in [-0.2, 0) is 4.79 Å². The van der Waals surface area contributed by atoms with Crippen molar-refractivity contribution in [2.24, 2.45) is 5.73 Å². The van der Waals surface area contributed by atoms with Gasteiger partial charge in [-0.05, 0) is 32.6 Å². The molecule has 1 saturated carbocycles. The van der Waals surface area contributed by atoms with Gasteiger partial charge < -0.3 is 10.6 Å². The number of amides is 1. The lowest BCUT2D eigenvalue weighted by Gasteiger charge is -2.35. The lowest BCUT2D eigenvalue weighted by molar-refractivity contribution is -0.133. The third-order valence-corrected chi connectivity index (χ3v) is 3.15. The second-order valence-electron chi connectivity index (χ2n) is 4.10. The Balaban J connectivity index is 2.48. The molecule has 1 amide bonds. The van der Waals surface area contributed by atoms with Crippen LogP contribution in [0, 0.1) is 0 Å². The lowest BCUT2D eigenvalue weighted by Crippen LogP contribution is -2.43.